The number of halogens is 2. The molecule has 0 unspecified atom stereocenters. The predicted molar refractivity (Wildman–Crippen MR) is 104 cm³/mol. The van der Waals surface area contributed by atoms with Gasteiger partial charge in [0.05, 0.1) is 10.6 Å². The average molecular weight is 389 g/mol. The van der Waals surface area contributed by atoms with Gasteiger partial charge in [-0.1, -0.05) is 43.6 Å². The Bertz CT molecular complexity index is 824. The van der Waals surface area contributed by atoms with Gasteiger partial charge in [0.2, 0.25) is 0 Å². The molecule has 0 N–H and O–H groups in total. The van der Waals surface area contributed by atoms with Crippen LogP contribution in [0.4, 0.5) is 4.39 Å². The largest absolute Gasteiger partial charge is 0.335 e. The van der Waals surface area contributed by atoms with Gasteiger partial charge in [0.25, 0.3) is 11.8 Å². The summed E-state index contributed by atoms with van der Waals surface area (Å²) in [5.74, 6) is -0.710. The molecule has 0 saturated carbocycles. The lowest BCUT2D eigenvalue weighted by atomic mass is 10.0. The standard InChI is InChI=1S/C21H22ClFN2O2/c1-14(2)15-6-8-16(9-7-15)20(26)24-10-12-25(13-11-24)21(27)19-17(22)4-3-5-18(19)23/h3-9,14H,10-13H2,1-2H3. The summed E-state index contributed by atoms with van der Waals surface area (Å²) < 4.78 is 14.0. The SMILES string of the molecule is CC(C)c1ccc(C(=O)N2CCN(C(=O)c3c(F)cccc3Cl)CC2)cc1. The van der Waals surface area contributed by atoms with Crippen molar-refractivity contribution in [2.24, 2.45) is 0 Å². The first kappa shape index (κ1) is 19.4. The number of hydrogen-bond donors (Lipinski definition) is 0. The average Bonchev–Trinajstić information content (AvgIpc) is 2.67. The van der Waals surface area contributed by atoms with Crippen molar-refractivity contribution < 1.29 is 14.0 Å². The first-order valence-electron chi connectivity index (χ1n) is 9.01. The predicted octanol–water partition coefficient (Wildman–Crippen LogP) is 4.20. The zero-order chi connectivity index (χ0) is 19.6. The second-order valence-electron chi connectivity index (χ2n) is 6.96. The molecule has 0 aromatic heterocycles. The maximum atomic E-state index is 14.0. The Morgan fingerprint density at radius 3 is 2.00 bits per heavy atom. The number of carbonyl (C=O) groups is 2. The lowest BCUT2D eigenvalue weighted by molar-refractivity contribution is 0.0533. The summed E-state index contributed by atoms with van der Waals surface area (Å²) in [5.41, 5.74) is 1.71. The molecule has 27 heavy (non-hydrogen) atoms. The third kappa shape index (κ3) is 4.14. The Labute approximate surface area is 163 Å². The highest BCUT2D eigenvalue weighted by Gasteiger charge is 2.28. The summed E-state index contributed by atoms with van der Waals surface area (Å²) in [5, 5.41) is 0.101. The van der Waals surface area contributed by atoms with Crippen molar-refractivity contribution in [3.8, 4) is 0 Å². The van der Waals surface area contributed by atoms with Crippen molar-refractivity contribution in [2.75, 3.05) is 26.2 Å². The Morgan fingerprint density at radius 2 is 1.48 bits per heavy atom. The van der Waals surface area contributed by atoms with E-state index in [1.165, 1.54) is 28.7 Å². The van der Waals surface area contributed by atoms with Gasteiger partial charge in [-0.15, -0.1) is 0 Å². The van der Waals surface area contributed by atoms with Crippen LogP contribution in [0.15, 0.2) is 42.5 Å². The maximum Gasteiger partial charge on any atom is 0.258 e. The van der Waals surface area contributed by atoms with E-state index in [0.717, 1.165) is 0 Å². The fourth-order valence-corrected chi connectivity index (χ4v) is 3.41. The smallest absolute Gasteiger partial charge is 0.258 e. The summed E-state index contributed by atoms with van der Waals surface area (Å²) in [7, 11) is 0. The van der Waals surface area contributed by atoms with E-state index in [9.17, 15) is 14.0 Å². The second-order valence-corrected chi connectivity index (χ2v) is 7.36. The zero-order valence-electron chi connectivity index (χ0n) is 15.4. The highest BCUT2D eigenvalue weighted by molar-refractivity contribution is 6.33. The molecule has 0 bridgehead atoms. The molecule has 1 aliphatic rings. The molecule has 2 amide bonds. The fraction of sp³-hybridized carbons (Fsp3) is 0.333. The van der Waals surface area contributed by atoms with Crippen LogP contribution in [0.5, 0.6) is 0 Å². The molecule has 2 aromatic rings. The molecular weight excluding hydrogens is 367 g/mol. The lowest BCUT2D eigenvalue weighted by Gasteiger charge is -2.35. The van der Waals surface area contributed by atoms with E-state index in [0.29, 0.717) is 37.7 Å². The lowest BCUT2D eigenvalue weighted by Crippen LogP contribution is -2.50. The molecule has 1 aliphatic heterocycles. The molecule has 142 valence electrons. The molecule has 1 heterocycles. The Morgan fingerprint density at radius 1 is 0.926 bits per heavy atom. The third-order valence-electron chi connectivity index (χ3n) is 4.86. The van der Waals surface area contributed by atoms with E-state index in [1.807, 2.05) is 24.3 Å². The number of rotatable bonds is 3. The van der Waals surface area contributed by atoms with Crippen LogP contribution < -0.4 is 0 Å². The van der Waals surface area contributed by atoms with Gasteiger partial charge in [0.15, 0.2) is 0 Å². The van der Waals surface area contributed by atoms with Gasteiger partial charge in [0, 0.05) is 31.7 Å². The van der Waals surface area contributed by atoms with E-state index in [4.69, 9.17) is 11.6 Å². The number of nitrogens with zero attached hydrogens (tertiary/aromatic N) is 2. The first-order valence-corrected chi connectivity index (χ1v) is 9.39. The van der Waals surface area contributed by atoms with Gasteiger partial charge >= 0.3 is 0 Å². The van der Waals surface area contributed by atoms with Crippen molar-refractivity contribution in [1.82, 2.24) is 9.80 Å². The highest BCUT2D eigenvalue weighted by Crippen LogP contribution is 2.22. The highest BCUT2D eigenvalue weighted by atomic mass is 35.5. The minimum absolute atomic E-state index is 0.0543. The van der Waals surface area contributed by atoms with Gasteiger partial charge in [-0.3, -0.25) is 9.59 Å². The molecule has 1 fully saturated rings. The molecular formula is C21H22ClFN2O2. The number of benzene rings is 2. The van der Waals surface area contributed by atoms with Crippen LogP contribution in [0.2, 0.25) is 5.02 Å². The summed E-state index contributed by atoms with van der Waals surface area (Å²) in [6.45, 7) is 5.72. The molecule has 2 aromatic carbocycles. The fourth-order valence-electron chi connectivity index (χ4n) is 3.17. The topological polar surface area (TPSA) is 40.6 Å². The van der Waals surface area contributed by atoms with Crippen LogP contribution in [0.1, 0.15) is 46.0 Å². The van der Waals surface area contributed by atoms with Crippen molar-refractivity contribution in [2.45, 2.75) is 19.8 Å². The Kier molecular flexibility index (Phi) is 5.80. The van der Waals surface area contributed by atoms with Gasteiger partial charge < -0.3 is 9.80 Å². The van der Waals surface area contributed by atoms with Crippen molar-refractivity contribution in [1.29, 1.82) is 0 Å². The van der Waals surface area contributed by atoms with Crippen LogP contribution in [0.3, 0.4) is 0 Å². The van der Waals surface area contributed by atoms with Crippen LogP contribution in [0, 0.1) is 5.82 Å². The number of carbonyl (C=O) groups excluding carboxylic acids is 2. The summed E-state index contributed by atoms with van der Waals surface area (Å²) >= 11 is 5.99. The minimum atomic E-state index is -0.628. The molecule has 0 radical (unpaired) electrons. The Balaban J connectivity index is 1.64. The zero-order valence-corrected chi connectivity index (χ0v) is 16.2. The van der Waals surface area contributed by atoms with Crippen LogP contribution in [-0.4, -0.2) is 47.8 Å². The van der Waals surface area contributed by atoms with E-state index < -0.39 is 11.7 Å². The van der Waals surface area contributed by atoms with E-state index >= 15 is 0 Å². The van der Waals surface area contributed by atoms with E-state index in [1.54, 1.807) is 4.90 Å². The number of piperazine rings is 1. The van der Waals surface area contributed by atoms with E-state index in [-0.39, 0.29) is 16.5 Å². The van der Waals surface area contributed by atoms with Crippen LogP contribution in [0.25, 0.3) is 0 Å². The molecule has 4 nitrogen and oxygen atoms in total. The van der Waals surface area contributed by atoms with E-state index in [2.05, 4.69) is 13.8 Å². The van der Waals surface area contributed by atoms with Gasteiger partial charge in [-0.05, 0) is 35.7 Å². The van der Waals surface area contributed by atoms with Crippen molar-refractivity contribution in [3.05, 3.63) is 70.0 Å². The van der Waals surface area contributed by atoms with Gasteiger partial charge in [0.1, 0.15) is 5.82 Å². The summed E-state index contributed by atoms with van der Waals surface area (Å²) in [6.07, 6.45) is 0. The normalized spacial score (nSPS) is 14.6. The Hall–Kier alpha value is -2.40. The monoisotopic (exact) mass is 388 g/mol. The molecule has 6 heteroatoms. The molecule has 0 aliphatic carbocycles. The van der Waals surface area contributed by atoms with Crippen molar-refractivity contribution in [3.63, 3.8) is 0 Å². The number of hydrogen-bond acceptors (Lipinski definition) is 2. The molecule has 0 atom stereocenters. The van der Waals surface area contributed by atoms with Gasteiger partial charge in [-0.25, -0.2) is 4.39 Å². The summed E-state index contributed by atoms with van der Waals surface area (Å²) in [4.78, 5) is 28.5. The first-order chi connectivity index (χ1) is 12.9. The quantitative estimate of drug-likeness (QED) is 0.790. The number of amides is 2. The van der Waals surface area contributed by atoms with Crippen molar-refractivity contribution >= 4 is 23.4 Å². The van der Waals surface area contributed by atoms with Crippen LogP contribution in [-0.2, 0) is 0 Å². The summed E-state index contributed by atoms with van der Waals surface area (Å²) in [6, 6.07) is 11.8. The maximum absolute atomic E-state index is 14.0. The molecule has 0 spiro atoms. The van der Waals surface area contributed by atoms with Gasteiger partial charge in [-0.2, -0.15) is 0 Å². The second kappa shape index (κ2) is 8.09. The molecule has 1 saturated heterocycles. The minimum Gasteiger partial charge on any atom is -0.335 e. The molecule has 3 rings (SSSR count). The third-order valence-corrected chi connectivity index (χ3v) is 5.17. The van der Waals surface area contributed by atoms with Crippen LogP contribution >= 0.6 is 11.6 Å².